The van der Waals surface area contributed by atoms with E-state index in [-0.39, 0.29) is 4.90 Å². The van der Waals surface area contributed by atoms with Crippen molar-refractivity contribution in [3.63, 3.8) is 0 Å². The molecule has 0 fully saturated rings. The van der Waals surface area contributed by atoms with E-state index in [0.717, 1.165) is 13.8 Å². The Morgan fingerprint density at radius 3 is 2.11 bits per heavy atom. The largest absolute Gasteiger partial charge is 0.594 e. The molecule has 0 radical (unpaired) electrons. The molecule has 0 N–H and O–H groups in total. The Kier molecular flexibility index (Phi) is 3.65. The molecule has 18 heavy (non-hydrogen) atoms. The molecule has 8 nitrogen and oxygen atoms in total. The van der Waals surface area contributed by atoms with Gasteiger partial charge in [0.1, 0.15) is 4.52 Å². The molecule has 1 rings (SSSR count). The molecule has 0 spiro atoms. The normalized spacial score (nSPS) is 13.3. The van der Waals surface area contributed by atoms with Gasteiger partial charge in [-0.25, -0.2) is 0 Å². The van der Waals surface area contributed by atoms with Gasteiger partial charge in [-0.3, -0.25) is 10.1 Å². The predicted molar refractivity (Wildman–Crippen MR) is 60.8 cm³/mol. The van der Waals surface area contributed by atoms with Crippen LogP contribution in [0.25, 0.3) is 0 Å². The monoisotopic (exact) mass is 273 g/mol. The van der Waals surface area contributed by atoms with Gasteiger partial charge in [0.25, 0.3) is 0 Å². The zero-order valence-electron chi connectivity index (χ0n) is 9.68. The van der Waals surface area contributed by atoms with E-state index in [2.05, 4.69) is 4.52 Å². The summed E-state index contributed by atoms with van der Waals surface area (Å²) in [5.41, 5.74) is -2.15. The van der Waals surface area contributed by atoms with E-state index in [1.165, 1.54) is 24.3 Å². The van der Waals surface area contributed by atoms with Gasteiger partial charge in [-0.15, -0.1) is 0 Å². The van der Waals surface area contributed by atoms with Gasteiger partial charge in [0.15, 0.2) is 0 Å². The lowest BCUT2D eigenvalue weighted by Gasteiger charge is -2.11. The second kappa shape index (κ2) is 4.69. The molecule has 0 bridgehead atoms. The van der Waals surface area contributed by atoms with Crippen LogP contribution in [0.5, 0.6) is 0 Å². The summed E-state index contributed by atoms with van der Waals surface area (Å²) in [5, 5.41) is 22.0. The van der Waals surface area contributed by atoms with Crippen molar-refractivity contribution in [3.8, 4) is 0 Å². The molecule has 0 aromatic heterocycles. The highest BCUT2D eigenvalue weighted by Crippen LogP contribution is 2.15. The fourth-order valence-corrected chi connectivity index (χ4v) is 1.90. The number of hydroxylamine groups is 1. The first kappa shape index (κ1) is 14.0. The van der Waals surface area contributed by atoms with Crippen LogP contribution < -0.4 is 0 Å². The van der Waals surface area contributed by atoms with E-state index >= 15 is 0 Å². The quantitative estimate of drug-likeness (QED) is 0.270. The maximum Gasteiger partial charge on any atom is 0.434 e. The molecule has 0 saturated carbocycles. The zero-order valence-corrected chi connectivity index (χ0v) is 10.5. The Morgan fingerprint density at radius 1 is 1.17 bits per heavy atom. The second-order valence-electron chi connectivity index (χ2n) is 3.89. The second-order valence-corrected chi connectivity index (χ2v) is 5.48. The highest BCUT2D eigenvalue weighted by molar-refractivity contribution is 7.89. The summed E-state index contributed by atoms with van der Waals surface area (Å²) >= 11 is 0. The molecule has 98 valence electrons. The molecule has 0 atom stereocenters. The van der Waals surface area contributed by atoms with Crippen molar-refractivity contribution in [1.82, 2.24) is 0 Å². The van der Waals surface area contributed by atoms with Crippen LogP contribution in [0.4, 0.5) is 0 Å². The first-order valence-corrected chi connectivity index (χ1v) is 6.27. The van der Waals surface area contributed by atoms with Crippen LogP contribution in [-0.2, 0) is 10.0 Å². The number of hydrogen-bond acceptors (Lipinski definition) is 5. The van der Waals surface area contributed by atoms with E-state index in [0.29, 0.717) is 0 Å². The summed E-state index contributed by atoms with van der Waals surface area (Å²) in [5.74, 6) is 0. The Balaban J connectivity index is 3.22. The zero-order chi connectivity index (χ0) is 14.0. The van der Waals surface area contributed by atoms with Gasteiger partial charge in [-0.2, -0.15) is 8.42 Å². The lowest BCUT2D eigenvalue weighted by Crippen LogP contribution is -2.40. The third-order valence-electron chi connectivity index (χ3n) is 2.14. The Labute approximate surface area is 103 Å². The maximum absolute atomic E-state index is 11.7. The lowest BCUT2D eigenvalue weighted by atomic mass is 10.3. The highest BCUT2D eigenvalue weighted by atomic mass is 32.2. The smallest absolute Gasteiger partial charge is 0.434 e. The van der Waals surface area contributed by atoms with Crippen molar-refractivity contribution >= 4 is 10.0 Å². The van der Waals surface area contributed by atoms with Gasteiger partial charge < -0.3 is 5.21 Å². The Hall–Kier alpha value is -2.03. The number of hydrogen-bond donors (Lipinski definition) is 0. The molecule has 0 aliphatic heterocycles. The molecular weight excluding hydrogens is 262 g/mol. The molecule has 0 saturated heterocycles. The Bertz CT molecular complexity index is 579. The summed E-state index contributed by atoms with van der Waals surface area (Å²) in [6.07, 6.45) is 0. The number of benzene rings is 1. The van der Waals surface area contributed by atoms with E-state index in [4.69, 9.17) is 0 Å². The van der Waals surface area contributed by atoms with E-state index in [1.807, 2.05) is 0 Å². The van der Waals surface area contributed by atoms with Crippen molar-refractivity contribution in [2.75, 3.05) is 0 Å². The molecule has 1 aromatic rings. The van der Waals surface area contributed by atoms with Crippen molar-refractivity contribution in [2.45, 2.75) is 24.4 Å². The number of sulfonamides is 1. The average Bonchev–Trinajstić information content (AvgIpc) is 2.29. The Morgan fingerprint density at radius 2 is 1.67 bits per heavy atom. The van der Waals surface area contributed by atoms with Gasteiger partial charge in [0, 0.05) is 0 Å². The summed E-state index contributed by atoms with van der Waals surface area (Å²) in [4.78, 5) is 9.06. The van der Waals surface area contributed by atoms with Crippen LogP contribution in [0, 0.1) is 15.3 Å². The summed E-state index contributed by atoms with van der Waals surface area (Å²) in [7, 11) is -4.24. The minimum Gasteiger partial charge on any atom is -0.594 e. The van der Waals surface area contributed by atoms with Crippen molar-refractivity contribution in [2.24, 2.45) is 4.52 Å². The van der Waals surface area contributed by atoms with E-state index in [9.17, 15) is 23.7 Å². The summed E-state index contributed by atoms with van der Waals surface area (Å²) in [6.45, 7) is 1.92. The van der Waals surface area contributed by atoms with Crippen molar-refractivity contribution in [1.29, 1.82) is 0 Å². The van der Waals surface area contributed by atoms with Crippen LogP contribution in [0.1, 0.15) is 13.8 Å². The van der Waals surface area contributed by atoms with Crippen LogP contribution >= 0.6 is 0 Å². The van der Waals surface area contributed by atoms with Gasteiger partial charge in [0.2, 0.25) is 0 Å². The number of nitrogens with zero attached hydrogens (tertiary/aromatic N) is 3. The van der Waals surface area contributed by atoms with Crippen molar-refractivity contribution < 1.29 is 18.2 Å². The predicted octanol–water partition coefficient (Wildman–Crippen LogP) is 1.35. The first-order valence-electron chi connectivity index (χ1n) is 4.83. The number of rotatable bonds is 4. The SMILES string of the molecule is CC(C)([N+](=O)[O-])/[N+]([O-])=N/S(=O)(=O)c1ccccc1. The standard InChI is InChI=1S/C9H11N3O5S/c1-9(2,12(14)15)11(13)10-18(16,17)8-6-4-3-5-7-8/h3-7H,1-2H3/b11-10-. The van der Waals surface area contributed by atoms with Crippen molar-refractivity contribution in [3.05, 3.63) is 45.7 Å². The van der Waals surface area contributed by atoms with E-state index < -0.39 is 25.5 Å². The van der Waals surface area contributed by atoms with Gasteiger partial charge in [0.05, 0.1) is 23.7 Å². The fraction of sp³-hybridized carbons (Fsp3) is 0.333. The third-order valence-corrected chi connectivity index (χ3v) is 3.37. The fourth-order valence-electron chi connectivity index (χ4n) is 0.907. The molecule has 0 amide bonds. The third kappa shape index (κ3) is 2.80. The first-order chi connectivity index (χ1) is 8.18. The van der Waals surface area contributed by atoms with Gasteiger partial charge in [-0.05, 0) is 17.0 Å². The van der Waals surface area contributed by atoms with Gasteiger partial charge >= 0.3 is 15.7 Å². The minimum atomic E-state index is -4.24. The van der Waals surface area contributed by atoms with Crippen LogP contribution in [-0.4, -0.2) is 23.9 Å². The average molecular weight is 273 g/mol. The van der Waals surface area contributed by atoms with Gasteiger partial charge in [-0.1, -0.05) is 18.2 Å². The molecule has 1 aromatic carbocycles. The van der Waals surface area contributed by atoms with Crippen LogP contribution in [0.2, 0.25) is 0 Å². The number of nitro groups is 1. The minimum absolute atomic E-state index is 0.204. The summed E-state index contributed by atoms with van der Waals surface area (Å²) < 4.78 is 26.2. The highest BCUT2D eigenvalue weighted by Gasteiger charge is 2.43. The molecule has 0 heterocycles. The topological polar surface area (TPSA) is 116 Å². The molecule has 0 aliphatic rings. The lowest BCUT2D eigenvalue weighted by molar-refractivity contribution is -0.802. The maximum atomic E-state index is 11.7. The summed E-state index contributed by atoms with van der Waals surface area (Å²) in [6, 6.07) is 6.99. The molecule has 9 heteroatoms. The molecule has 0 unspecified atom stereocenters. The van der Waals surface area contributed by atoms with E-state index in [1.54, 1.807) is 6.07 Å². The van der Waals surface area contributed by atoms with Crippen LogP contribution in [0.15, 0.2) is 39.7 Å². The molecular formula is C9H11N3O5S. The van der Waals surface area contributed by atoms with Crippen LogP contribution in [0.3, 0.4) is 0 Å². The molecule has 0 aliphatic carbocycles.